The summed E-state index contributed by atoms with van der Waals surface area (Å²) in [6, 6.07) is 0.706. The Bertz CT molecular complexity index is 184. The van der Waals surface area contributed by atoms with E-state index >= 15 is 0 Å². The van der Waals surface area contributed by atoms with Crippen molar-refractivity contribution in [3.05, 3.63) is 0 Å². The van der Waals surface area contributed by atoms with Gasteiger partial charge in [-0.05, 0) is 0 Å². The number of carbonyl (C=O) groups is 1. The molecule has 0 saturated carbocycles. The first-order valence-electron chi connectivity index (χ1n) is 5.42. The fourth-order valence-corrected chi connectivity index (χ4v) is 1.89. The molecular weight excluding hydrogens is 228 g/mol. The van der Waals surface area contributed by atoms with E-state index < -0.39 is 15.6 Å². The highest BCUT2D eigenvalue weighted by atomic mass is 28.3. The smallest absolute Gasteiger partial charge is 0.386 e. The molecule has 0 heterocycles. The predicted octanol–water partition coefficient (Wildman–Crippen LogP) is 1.47. The molecule has 0 aliphatic rings. The molecule has 0 amide bonds. The normalized spacial score (nSPS) is 12.8. The Morgan fingerprint density at radius 3 is 2.31 bits per heavy atom. The first-order chi connectivity index (χ1) is 7.67. The Balaban J connectivity index is 3.74. The van der Waals surface area contributed by atoms with Crippen molar-refractivity contribution in [2.24, 2.45) is 0 Å². The molecule has 5 nitrogen and oxygen atoms in total. The maximum Gasteiger partial charge on any atom is 0.386 e. The number of rotatable bonds is 9. The Kier molecular flexibility index (Phi) is 9.50. The van der Waals surface area contributed by atoms with Crippen LogP contribution in [0.25, 0.3) is 0 Å². The van der Waals surface area contributed by atoms with E-state index in [2.05, 4.69) is 0 Å². The second-order valence-electron chi connectivity index (χ2n) is 3.08. The number of hydrogen-bond acceptors (Lipinski definition) is 5. The molecule has 0 aromatic heterocycles. The topological polar surface area (TPSA) is 54.0 Å². The van der Waals surface area contributed by atoms with Crippen LogP contribution < -0.4 is 0 Å². The average molecular weight is 249 g/mol. The lowest BCUT2D eigenvalue weighted by atomic mass is 10.4. The molecule has 0 bridgehead atoms. The fourth-order valence-electron chi connectivity index (χ4n) is 1.03. The van der Waals surface area contributed by atoms with Crippen molar-refractivity contribution >= 4 is 15.3 Å². The third-order valence-corrected chi connectivity index (χ3v) is 3.47. The van der Waals surface area contributed by atoms with Gasteiger partial charge in [0.2, 0.25) is 6.29 Å². The summed E-state index contributed by atoms with van der Waals surface area (Å²) in [6.07, 6.45) is 0.558. The van der Waals surface area contributed by atoms with Crippen molar-refractivity contribution < 1.29 is 23.1 Å². The van der Waals surface area contributed by atoms with Gasteiger partial charge in [0.25, 0.3) is 0 Å². The van der Waals surface area contributed by atoms with Crippen LogP contribution in [0.3, 0.4) is 0 Å². The zero-order chi connectivity index (χ0) is 12.4. The molecule has 0 aliphatic heterocycles. The molecule has 0 N–H and O–H groups in total. The van der Waals surface area contributed by atoms with Crippen LogP contribution in [0, 0.1) is 0 Å². The minimum atomic E-state index is -1.23. The summed E-state index contributed by atoms with van der Waals surface area (Å²) in [5, 5.41) is 0. The highest BCUT2D eigenvalue weighted by Gasteiger charge is 2.15. The lowest BCUT2D eigenvalue weighted by Gasteiger charge is -2.17. The number of hydrogen-bond donors (Lipinski definition) is 0. The predicted molar refractivity (Wildman–Crippen MR) is 61.0 cm³/mol. The van der Waals surface area contributed by atoms with Crippen molar-refractivity contribution in [3.63, 3.8) is 0 Å². The summed E-state index contributed by atoms with van der Waals surface area (Å²) in [6.45, 7) is 4.14. The van der Waals surface area contributed by atoms with Gasteiger partial charge >= 0.3 is 15.3 Å². The van der Waals surface area contributed by atoms with Crippen molar-refractivity contribution in [2.45, 2.75) is 39.0 Å². The van der Waals surface area contributed by atoms with Gasteiger partial charge in [-0.1, -0.05) is 13.8 Å². The van der Waals surface area contributed by atoms with E-state index in [9.17, 15) is 4.79 Å². The summed E-state index contributed by atoms with van der Waals surface area (Å²) in [5.74, 6) is -0.240. The van der Waals surface area contributed by atoms with E-state index in [0.717, 1.165) is 0 Å². The van der Waals surface area contributed by atoms with Crippen LogP contribution in [0.15, 0.2) is 0 Å². The minimum absolute atomic E-state index is 0.240. The molecule has 1 unspecified atom stereocenters. The number of ether oxygens (including phenoxy) is 2. The molecule has 0 rings (SSSR count). The summed E-state index contributed by atoms with van der Waals surface area (Å²) in [7, 11) is 2.01. The second kappa shape index (κ2) is 9.77. The molecule has 0 saturated heterocycles. The molecule has 1 radical (unpaired) electrons. The van der Waals surface area contributed by atoms with Crippen molar-refractivity contribution in [1.29, 1.82) is 0 Å². The molecule has 0 fully saturated rings. The minimum Gasteiger partial charge on any atom is -0.436 e. The van der Waals surface area contributed by atoms with Crippen LogP contribution in [-0.2, 0) is 23.1 Å². The molecule has 0 aromatic carbocycles. The van der Waals surface area contributed by atoms with Crippen LogP contribution in [0.2, 0.25) is 6.04 Å². The highest BCUT2D eigenvalue weighted by Crippen LogP contribution is 2.04. The van der Waals surface area contributed by atoms with Gasteiger partial charge in [-0.2, -0.15) is 0 Å². The maximum atomic E-state index is 11.0. The summed E-state index contributed by atoms with van der Waals surface area (Å²) in [4.78, 5) is 11.0. The highest BCUT2D eigenvalue weighted by molar-refractivity contribution is 6.44. The van der Waals surface area contributed by atoms with E-state index in [4.69, 9.17) is 18.3 Å². The van der Waals surface area contributed by atoms with Gasteiger partial charge < -0.3 is 18.3 Å². The molecule has 0 spiro atoms. The van der Waals surface area contributed by atoms with Crippen LogP contribution in [-0.4, -0.2) is 42.4 Å². The number of carbonyl (C=O) groups excluding carboxylic acids is 1. The van der Waals surface area contributed by atoms with Crippen LogP contribution in [0.5, 0.6) is 0 Å². The summed E-state index contributed by atoms with van der Waals surface area (Å²) >= 11 is 0. The quantitative estimate of drug-likeness (QED) is 0.352. The van der Waals surface area contributed by atoms with E-state index in [-0.39, 0.29) is 5.97 Å². The van der Waals surface area contributed by atoms with Crippen LogP contribution in [0.1, 0.15) is 26.7 Å². The Morgan fingerprint density at radius 1 is 1.25 bits per heavy atom. The van der Waals surface area contributed by atoms with E-state index in [0.29, 0.717) is 25.5 Å². The average Bonchev–Trinajstić information content (AvgIpc) is 2.32. The standard InChI is InChI=1S/C10H21O5Si/c1-5-9(11)15-10(6-2)14-7-8-16(12-3)13-4/h10H,5-8H2,1-4H3. The second-order valence-corrected chi connectivity index (χ2v) is 5.14. The van der Waals surface area contributed by atoms with Crippen LogP contribution in [0.4, 0.5) is 0 Å². The molecule has 0 aromatic rings. The fraction of sp³-hybridized carbons (Fsp3) is 0.900. The molecule has 0 aliphatic carbocycles. The van der Waals surface area contributed by atoms with Gasteiger partial charge in [-0.3, -0.25) is 4.79 Å². The zero-order valence-corrected chi connectivity index (χ0v) is 11.4. The summed E-state index contributed by atoms with van der Waals surface area (Å²) < 4.78 is 20.7. The SMILES string of the molecule is CCC(=O)OC(CC)OCC[Si](OC)OC. The molecule has 6 heteroatoms. The Labute approximate surface area is 98.9 Å². The summed E-state index contributed by atoms with van der Waals surface area (Å²) in [5.41, 5.74) is 0. The lowest BCUT2D eigenvalue weighted by molar-refractivity contribution is -0.178. The van der Waals surface area contributed by atoms with E-state index in [1.165, 1.54) is 0 Å². The Hall–Kier alpha value is -0.433. The van der Waals surface area contributed by atoms with Gasteiger partial charge in [-0.15, -0.1) is 0 Å². The third kappa shape index (κ3) is 6.94. The van der Waals surface area contributed by atoms with Gasteiger partial charge in [0, 0.05) is 33.1 Å². The molecular formula is C10H21O5Si. The van der Waals surface area contributed by atoms with Crippen molar-refractivity contribution in [1.82, 2.24) is 0 Å². The lowest BCUT2D eigenvalue weighted by Crippen LogP contribution is -2.25. The van der Waals surface area contributed by atoms with Gasteiger partial charge in [-0.25, -0.2) is 0 Å². The monoisotopic (exact) mass is 249 g/mol. The molecule has 16 heavy (non-hydrogen) atoms. The van der Waals surface area contributed by atoms with Crippen molar-refractivity contribution in [2.75, 3.05) is 20.8 Å². The zero-order valence-electron chi connectivity index (χ0n) is 10.4. The third-order valence-electron chi connectivity index (χ3n) is 1.95. The largest absolute Gasteiger partial charge is 0.436 e. The van der Waals surface area contributed by atoms with Crippen LogP contribution >= 0.6 is 0 Å². The van der Waals surface area contributed by atoms with E-state index in [1.54, 1.807) is 21.1 Å². The van der Waals surface area contributed by atoms with E-state index in [1.807, 2.05) is 6.92 Å². The van der Waals surface area contributed by atoms with Gasteiger partial charge in [0.15, 0.2) is 0 Å². The molecule has 1 atom stereocenters. The first kappa shape index (κ1) is 15.6. The first-order valence-corrected chi connectivity index (χ1v) is 6.95. The molecule has 95 valence electrons. The maximum absolute atomic E-state index is 11.0. The van der Waals surface area contributed by atoms with Crippen molar-refractivity contribution in [3.8, 4) is 0 Å². The Morgan fingerprint density at radius 2 is 1.88 bits per heavy atom. The van der Waals surface area contributed by atoms with Gasteiger partial charge in [0.1, 0.15) is 0 Å². The number of esters is 1. The van der Waals surface area contributed by atoms with Gasteiger partial charge in [0.05, 0.1) is 6.61 Å².